The Labute approximate surface area is 279 Å². The number of rotatable bonds is 9. The first-order chi connectivity index (χ1) is 22.5. The monoisotopic (exact) mass is 682 g/mol. The van der Waals surface area contributed by atoms with Crippen LogP contribution in [0.15, 0.2) is 113 Å². The van der Waals surface area contributed by atoms with Crippen molar-refractivity contribution < 1.29 is 22.9 Å². The number of aromatic amines is 1. The lowest BCUT2D eigenvalue weighted by atomic mass is 10.0. The second kappa shape index (κ2) is 12.9. The molecule has 1 saturated heterocycles. The third kappa shape index (κ3) is 6.73. The number of carbonyl (C=O) groups excluding carboxylic acids is 2. The highest BCUT2D eigenvalue weighted by atomic mass is 32.2. The Hall–Kier alpha value is -5.11. The van der Waals surface area contributed by atoms with Gasteiger partial charge in [-0.15, -0.1) is 0 Å². The van der Waals surface area contributed by atoms with Crippen molar-refractivity contribution in [2.45, 2.75) is 24.3 Å². The standard InChI is InChI=1S/C34H26N4O6S3/c1-21-6-10-23(11-7-21)24-12-8-22(9-13-24)18-31-33(40)37(34(45)46-31)30(19-25-20-35-29-5-3-2-4-28(25)29)32(39)36-47(43,44)27-16-14-26(15-17-27)38(41)42/h2-18,20,30,35H,19H2,1H3,(H,36,39)/b31-18-/t30-/m0/s1. The number of para-hydroxylation sites is 1. The minimum absolute atomic E-state index is 0.0450. The fourth-order valence-electron chi connectivity index (χ4n) is 5.23. The van der Waals surface area contributed by atoms with Crippen LogP contribution in [0.1, 0.15) is 16.7 Å². The molecule has 6 rings (SSSR count). The maximum absolute atomic E-state index is 13.9. The van der Waals surface area contributed by atoms with Crippen molar-refractivity contribution in [2.24, 2.45) is 0 Å². The zero-order valence-electron chi connectivity index (χ0n) is 24.7. The van der Waals surface area contributed by atoms with Gasteiger partial charge in [-0.25, -0.2) is 13.1 Å². The third-order valence-corrected chi connectivity index (χ3v) is 10.4. The summed E-state index contributed by atoms with van der Waals surface area (Å²) in [6.07, 6.45) is 3.35. The summed E-state index contributed by atoms with van der Waals surface area (Å²) in [4.78, 5) is 42.3. The van der Waals surface area contributed by atoms with Gasteiger partial charge in [-0.2, -0.15) is 0 Å². The number of nitrogens with zero attached hydrogens (tertiary/aromatic N) is 2. The molecule has 0 radical (unpaired) electrons. The number of nitrogens with one attached hydrogen (secondary N) is 2. The Morgan fingerprint density at radius 2 is 1.64 bits per heavy atom. The van der Waals surface area contributed by atoms with Crippen LogP contribution in [0, 0.1) is 17.0 Å². The number of H-pyrrole nitrogens is 1. The van der Waals surface area contributed by atoms with Crippen LogP contribution in [0.3, 0.4) is 0 Å². The third-order valence-electron chi connectivity index (χ3n) is 7.71. The number of thiocarbonyl (C=S) groups is 1. The number of fused-ring (bicyclic) bond motifs is 1. The summed E-state index contributed by atoms with van der Waals surface area (Å²) in [5, 5.41) is 11.8. The van der Waals surface area contributed by atoms with Crippen LogP contribution >= 0.6 is 24.0 Å². The predicted molar refractivity (Wildman–Crippen MR) is 186 cm³/mol. The number of nitro groups is 1. The van der Waals surface area contributed by atoms with Crippen LogP contribution in [0.2, 0.25) is 0 Å². The molecule has 0 unspecified atom stereocenters. The van der Waals surface area contributed by atoms with Crippen molar-refractivity contribution in [2.75, 3.05) is 0 Å². The molecule has 1 aromatic heterocycles. The lowest BCUT2D eigenvalue weighted by Gasteiger charge is -2.26. The van der Waals surface area contributed by atoms with Gasteiger partial charge in [-0.3, -0.25) is 24.6 Å². The Bertz CT molecular complexity index is 2180. The summed E-state index contributed by atoms with van der Waals surface area (Å²) in [5.74, 6) is -1.51. The Morgan fingerprint density at radius 3 is 2.30 bits per heavy atom. The molecule has 0 bridgehead atoms. The number of hydrogen-bond donors (Lipinski definition) is 2. The molecule has 0 aliphatic carbocycles. The highest BCUT2D eigenvalue weighted by Gasteiger charge is 2.42. The first-order valence-electron chi connectivity index (χ1n) is 14.3. The van der Waals surface area contributed by atoms with Gasteiger partial charge >= 0.3 is 0 Å². The van der Waals surface area contributed by atoms with Crippen molar-refractivity contribution >= 4 is 72.8 Å². The molecule has 2 heterocycles. The zero-order chi connectivity index (χ0) is 33.3. The van der Waals surface area contributed by atoms with E-state index in [1.807, 2.05) is 79.7 Å². The lowest BCUT2D eigenvalue weighted by molar-refractivity contribution is -0.384. The molecule has 0 saturated carbocycles. The Balaban J connectivity index is 1.30. The SMILES string of the molecule is Cc1ccc(-c2ccc(/C=C3\SC(=S)N([C@@H](Cc4c[nH]c5ccccc45)C(=O)NS(=O)(=O)c4ccc([N+](=O)[O-])cc4)C3=O)cc2)cc1. The first kappa shape index (κ1) is 31.9. The fraction of sp³-hybridized carbons (Fsp3) is 0.0882. The van der Waals surface area contributed by atoms with E-state index in [1.165, 1.54) is 0 Å². The van der Waals surface area contributed by atoms with Gasteiger partial charge in [0, 0.05) is 35.7 Å². The largest absolute Gasteiger partial charge is 0.361 e. The van der Waals surface area contributed by atoms with E-state index >= 15 is 0 Å². The summed E-state index contributed by atoms with van der Waals surface area (Å²) in [6.45, 7) is 2.02. The minimum Gasteiger partial charge on any atom is -0.361 e. The minimum atomic E-state index is -4.46. The number of hydrogen-bond acceptors (Lipinski definition) is 8. The van der Waals surface area contributed by atoms with Crippen LogP contribution in [0.5, 0.6) is 0 Å². The highest BCUT2D eigenvalue weighted by molar-refractivity contribution is 8.26. The van der Waals surface area contributed by atoms with Crippen LogP contribution in [-0.4, -0.2) is 45.4 Å². The van der Waals surface area contributed by atoms with Gasteiger partial charge in [0.05, 0.1) is 14.7 Å². The fourth-order valence-corrected chi connectivity index (χ4v) is 7.60. The number of aryl methyl sites for hydroxylation is 1. The highest BCUT2D eigenvalue weighted by Crippen LogP contribution is 2.36. The summed E-state index contributed by atoms with van der Waals surface area (Å²) in [7, 11) is -4.46. The second-order valence-electron chi connectivity index (χ2n) is 10.8. The van der Waals surface area contributed by atoms with Crippen molar-refractivity contribution in [1.29, 1.82) is 0 Å². The van der Waals surface area contributed by atoms with E-state index < -0.39 is 32.8 Å². The molecule has 13 heteroatoms. The van der Waals surface area contributed by atoms with E-state index in [0.717, 1.165) is 74.1 Å². The molecular weight excluding hydrogens is 657 g/mol. The number of aromatic nitrogens is 1. The molecule has 5 aromatic rings. The average Bonchev–Trinajstić information content (AvgIpc) is 3.59. The molecule has 1 aliphatic rings. The molecule has 0 spiro atoms. The smallest absolute Gasteiger partial charge is 0.269 e. The average molecular weight is 683 g/mol. The van der Waals surface area contributed by atoms with E-state index in [2.05, 4.69) is 9.71 Å². The van der Waals surface area contributed by atoms with Gasteiger partial charge in [0.2, 0.25) is 0 Å². The topological polar surface area (TPSA) is 142 Å². The predicted octanol–water partition coefficient (Wildman–Crippen LogP) is 6.37. The van der Waals surface area contributed by atoms with Crippen LogP contribution in [0.4, 0.5) is 5.69 Å². The molecular formula is C34H26N4O6S3. The quantitative estimate of drug-likeness (QED) is 0.0791. The zero-order valence-corrected chi connectivity index (χ0v) is 27.2. The van der Waals surface area contributed by atoms with Crippen molar-refractivity contribution in [1.82, 2.24) is 14.6 Å². The number of non-ortho nitro benzene ring substituents is 1. The molecule has 4 aromatic carbocycles. The maximum atomic E-state index is 13.9. The van der Waals surface area contributed by atoms with Gasteiger partial charge in [-0.1, -0.05) is 96.3 Å². The van der Waals surface area contributed by atoms with Crippen LogP contribution in [0.25, 0.3) is 28.1 Å². The van der Waals surface area contributed by atoms with Gasteiger partial charge in [0.15, 0.2) is 0 Å². The maximum Gasteiger partial charge on any atom is 0.269 e. The molecule has 1 aliphatic heterocycles. The molecule has 1 fully saturated rings. The second-order valence-corrected chi connectivity index (χ2v) is 14.2. The van der Waals surface area contributed by atoms with E-state index in [0.29, 0.717) is 5.56 Å². The van der Waals surface area contributed by atoms with Gasteiger partial charge in [-0.05, 0) is 53.5 Å². The first-order valence-corrected chi connectivity index (χ1v) is 17.0. The number of nitro benzene ring substituents is 1. The van der Waals surface area contributed by atoms with Gasteiger partial charge in [0.25, 0.3) is 27.5 Å². The summed E-state index contributed by atoms with van der Waals surface area (Å²) < 4.78 is 28.6. The van der Waals surface area contributed by atoms with E-state index in [-0.39, 0.29) is 26.2 Å². The van der Waals surface area contributed by atoms with Gasteiger partial charge in [0.1, 0.15) is 10.4 Å². The molecule has 2 N–H and O–H groups in total. The number of carbonyl (C=O) groups is 2. The van der Waals surface area contributed by atoms with Crippen LogP contribution < -0.4 is 4.72 Å². The number of sulfonamides is 1. The van der Waals surface area contributed by atoms with E-state index in [4.69, 9.17) is 12.2 Å². The van der Waals surface area contributed by atoms with Crippen molar-refractivity contribution in [3.8, 4) is 11.1 Å². The van der Waals surface area contributed by atoms with Gasteiger partial charge < -0.3 is 4.98 Å². The number of benzene rings is 4. The normalized spacial score (nSPS) is 14.9. The van der Waals surface area contributed by atoms with Crippen molar-refractivity contribution in [3.05, 3.63) is 135 Å². The van der Waals surface area contributed by atoms with Crippen LogP contribution in [-0.2, 0) is 26.0 Å². The van der Waals surface area contributed by atoms with Crippen molar-refractivity contribution in [3.63, 3.8) is 0 Å². The number of thioether (sulfide) groups is 1. The molecule has 2 amide bonds. The molecule has 47 heavy (non-hydrogen) atoms. The summed E-state index contributed by atoms with van der Waals surface area (Å²) >= 11 is 6.62. The molecule has 10 nitrogen and oxygen atoms in total. The Morgan fingerprint density at radius 1 is 1.00 bits per heavy atom. The Kier molecular flexibility index (Phi) is 8.78. The summed E-state index contributed by atoms with van der Waals surface area (Å²) in [5.41, 5.74) is 5.16. The summed E-state index contributed by atoms with van der Waals surface area (Å²) in [6, 6.07) is 26.0. The lowest BCUT2D eigenvalue weighted by Crippen LogP contribution is -2.51. The van der Waals surface area contributed by atoms with E-state index in [9.17, 15) is 28.1 Å². The number of amides is 2. The molecule has 236 valence electrons. The molecule has 1 atom stereocenters. The van der Waals surface area contributed by atoms with E-state index in [1.54, 1.807) is 12.3 Å².